The first-order chi connectivity index (χ1) is 4.59. The highest BCUT2D eigenvalue weighted by Gasteiger charge is 2.08. The number of rotatable bonds is 3. The zero-order valence-electron chi connectivity index (χ0n) is 5.49. The molecule has 10 heavy (non-hydrogen) atoms. The number of hydrogen-bond donors (Lipinski definition) is 1. The van der Waals surface area contributed by atoms with Gasteiger partial charge in [-0.2, -0.15) is 8.42 Å². The van der Waals surface area contributed by atoms with Crippen LogP contribution in [0.5, 0.6) is 0 Å². The summed E-state index contributed by atoms with van der Waals surface area (Å²) in [4.78, 5) is 9.66. The Morgan fingerprint density at radius 3 is 2.10 bits per heavy atom. The van der Waals surface area contributed by atoms with Gasteiger partial charge in [-0.05, 0) is 6.42 Å². The first kappa shape index (κ1) is 9.16. The highest BCUT2D eigenvalue weighted by atomic mass is 32.2. The van der Waals surface area contributed by atoms with Gasteiger partial charge in [0.25, 0.3) is 0 Å². The molecule has 0 aliphatic heterocycles. The predicted molar refractivity (Wildman–Crippen MR) is 36.5 cm³/mol. The van der Waals surface area contributed by atoms with Crippen molar-refractivity contribution < 1.29 is 18.3 Å². The van der Waals surface area contributed by atoms with E-state index in [4.69, 9.17) is 5.11 Å². The number of aliphatic carboxylic acids is 1. The van der Waals surface area contributed by atoms with Crippen molar-refractivity contribution in [3.8, 4) is 0 Å². The second-order valence-corrected chi connectivity index (χ2v) is 2.68. The average Bonchev–Trinajstić information content (AvgIpc) is 1.81. The van der Waals surface area contributed by atoms with E-state index in [1.807, 2.05) is 0 Å². The lowest BCUT2D eigenvalue weighted by molar-refractivity contribution is -0.129. The highest BCUT2D eigenvalue weighted by molar-refractivity contribution is 7.74. The Labute approximate surface area is 60.0 Å². The molecule has 4 nitrogen and oxygen atoms in total. The third-order valence-electron chi connectivity index (χ3n) is 0.917. The SMILES string of the molecule is CCCC(C(=O)O)=S(=O)=O. The molecule has 0 amide bonds. The van der Waals surface area contributed by atoms with Crippen LogP contribution < -0.4 is 0 Å². The number of carbonyl (C=O) groups is 1. The molecule has 0 aromatic rings. The summed E-state index contributed by atoms with van der Waals surface area (Å²) < 4.78 is 20.2. The van der Waals surface area contributed by atoms with E-state index in [0.717, 1.165) is 0 Å². The Morgan fingerprint density at radius 1 is 1.50 bits per heavy atom. The fraction of sp³-hybridized carbons (Fsp3) is 0.600. The molecule has 1 N–H and O–H groups in total. The summed E-state index contributed by atoms with van der Waals surface area (Å²) in [7, 11) is -2.57. The van der Waals surface area contributed by atoms with Crippen LogP contribution in [0.25, 0.3) is 0 Å². The molecular weight excluding hydrogens is 156 g/mol. The second-order valence-electron chi connectivity index (χ2n) is 1.71. The van der Waals surface area contributed by atoms with Crippen LogP contribution in [0.2, 0.25) is 0 Å². The number of hydrogen-bond acceptors (Lipinski definition) is 3. The first-order valence-corrected chi connectivity index (χ1v) is 3.85. The van der Waals surface area contributed by atoms with E-state index >= 15 is 0 Å². The van der Waals surface area contributed by atoms with E-state index in [1.54, 1.807) is 6.92 Å². The minimum atomic E-state index is -2.57. The van der Waals surface area contributed by atoms with Gasteiger partial charge in [0.2, 0.25) is 10.3 Å². The maximum atomic E-state index is 10.1. The normalized spacial score (nSPS) is 8.90. The monoisotopic (exact) mass is 164 g/mol. The molecule has 58 valence electrons. The molecule has 0 heterocycles. The van der Waals surface area contributed by atoms with Gasteiger partial charge >= 0.3 is 5.97 Å². The van der Waals surface area contributed by atoms with Crippen molar-refractivity contribution in [3.63, 3.8) is 0 Å². The Morgan fingerprint density at radius 2 is 2.00 bits per heavy atom. The minimum absolute atomic E-state index is 0.103. The molecule has 0 aliphatic rings. The highest BCUT2D eigenvalue weighted by Crippen LogP contribution is 1.89. The van der Waals surface area contributed by atoms with Gasteiger partial charge in [-0.3, -0.25) is 0 Å². The molecule has 0 spiro atoms. The largest absolute Gasteiger partial charge is 0.477 e. The summed E-state index contributed by atoms with van der Waals surface area (Å²) in [6, 6.07) is 0. The lowest BCUT2D eigenvalue weighted by Crippen LogP contribution is -2.13. The molecule has 0 saturated carbocycles. The molecular formula is C5H8O4S. The molecule has 0 rings (SSSR count). The van der Waals surface area contributed by atoms with Crippen LogP contribution in [0, 0.1) is 0 Å². The van der Waals surface area contributed by atoms with Gasteiger partial charge in [-0.1, -0.05) is 13.3 Å². The third-order valence-corrected chi connectivity index (χ3v) is 1.70. The summed E-state index contributed by atoms with van der Waals surface area (Å²) in [5, 5.41) is 8.24. The molecule has 0 fully saturated rings. The van der Waals surface area contributed by atoms with Gasteiger partial charge in [0.05, 0.1) is 0 Å². The van der Waals surface area contributed by atoms with Crippen LogP contribution in [0.4, 0.5) is 0 Å². The van der Waals surface area contributed by atoms with Gasteiger partial charge < -0.3 is 5.11 Å². The third kappa shape index (κ3) is 2.63. The smallest absolute Gasteiger partial charge is 0.347 e. The van der Waals surface area contributed by atoms with Crippen LogP contribution in [0.1, 0.15) is 19.8 Å². The van der Waals surface area contributed by atoms with Crippen LogP contribution >= 0.6 is 0 Å². The van der Waals surface area contributed by atoms with Gasteiger partial charge in [0.15, 0.2) is 4.86 Å². The van der Waals surface area contributed by atoms with Crippen molar-refractivity contribution in [1.82, 2.24) is 0 Å². The quantitative estimate of drug-likeness (QED) is 0.592. The molecule has 0 aliphatic carbocycles. The number of carboxylic acids is 1. The van der Waals surface area contributed by atoms with Crippen molar-refractivity contribution in [2.24, 2.45) is 0 Å². The lowest BCUT2D eigenvalue weighted by atomic mass is 10.2. The Kier molecular flexibility index (Phi) is 3.71. The van der Waals surface area contributed by atoms with Crippen LogP contribution in [0.3, 0.4) is 0 Å². The molecule has 0 bridgehead atoms. The standard InChI is InChI=1S/C5H8O4S/c1-2-3-4(5(6)7)10(8)9/h2-3H2,1H3,(H,6,7). The second kappa shape index (κ2) is 4.05. The molecule has 0 aromatic heterocycles. The molecule has 0 saturated heterocycles. The maximum Gasteiger partial charge on any atom is 0.347 e. The first-order valence-electron chi connectivity index (χ1n) is 2.78. The Hall–Kier alpha value is -0.840. The van der Waals surface area contributed by atoms with Crippen LogP contribution in [-0.2, 0) is 15.1 Å². The fourth-order valence-electron chi connectivity index (χ4n) is 0.489. The van der Waals surface area contributed by atoms with E-state index in [-0.39, 0.29) is 6.42 Å². The summed E-state index contributed by atoms with van der Waals surface area (Å²) >= 11 is 0. The fourth-order valence-corrected chi connectivity index (χ4v) is 1.00. The molecule has 0 radical (unpaired) electrons. The summed E-state index contributed by atoms with van der Waals surface area (Å²) in [5.41, 5.74) is 0. The molecule has 0 aromatic carbocycles. The molecule has 0 unspecified atom stereocenters. The maximum absolute atomic E-state index is 10.1. The Bertz CT molecular complexity index is 241. The topological polar surface area (TPSA) is 71.4 Å². The van der Waals surface area contributed by atoms with E-state index in [9.17, 15) is 13.2 Å². The number of carboxylic acid groups (broad SMARTS) is 1. The van der Waals surface area contributed by atoms with Crippen molar-refractivity contribution in [2.45, 2.75) is 19.8 Å². The zero-order valence-corrected chi connectivity index (χ0v) is 6.31. The van der Waals surface area contributed by atoms with Gasteiger partial charge in [-0.15, -0.1) is 0 Å². The molecule has 5 heteroatoms. The lowest BCUT2D eigenvalue weighted by Gasteiger charge is -1.89. The zero-order chi connectivity index (χ0) is 8.15. The summed E-state index contributed by atoms with van der Waals surface area (Å²) in [6.07, 6.45) is 0.626. The van der Waals surface area contributed by atoms with Crippen LogP contribution in [-0.4, -0.2) is 24.4 Å². The Balaban J connectivity index is 4.63. The van der Waals surface area contributed by atoms with Gasteiger partial charge in [-0.25, -0.2) is 4.79 Å². The summed E-state index contributed by atoms with van der Waals surface area (Å²) in [5.74, 6) is -1.35. The van der Waals surface area contributed by atoms with E-state index in [1.165, 1.54) is 0 Å². The van der Waals surface area contributed by atoms with Crippen molar-refractivity contribution >= 4 is 21.1 Å². The van der Waals surface area contributed by atoms with E-state index in [0.29, 0.717) is 6.42 Å². The average molecular weight is 164 g/mol. The minimum Gasteiger partial charge on any atom is -0.477 e. The van der Waals surface area contributed by atoms with Crippen molar-refractivity contribution in [2.75, 3.05) is 0 Å². The van der Waals surface area contributed by atoms with Gasteiger partial charge in [0, 0.05) is 0 Å². The van der Waals surface area contributed by atoms with E-state index in [2.05, 4.69) is 0 Å². The molecule has 0 atom stereocenters. The van der Waals surface area contributed by atoms with Gasteiger partial charge in [0.1, 0.15) is 0 Å². The summed E-state index contributed by atoms with van der Waals surface area (Å²) in [6.45, 7) is 1.72. The van der Waals surface area contributed by atoms with E-state index < -0.39 is 21.1 Å². The predicted octanol–water partition coefficient (Wildman–Crippen LogP) is -0.0774. The van der Waals surface area contributed by atoms with Crippen molar-refractivity contribution in [1.29, 1.82) is 0 Å². The van der Waals surface area contributed by atoms with Crippen LogP contribution in [0.15, 0.2) is 0 Å². The van der Waals surface area contributed by atoms with Crippen molar-refractivity contribution in [3.05, 3.63) is 0 Å².